The number of phosphoric ester groups is 2. The van der Waals surface area contributed by atoms with Crippen LogP contribution in [0, 0.1) is 23.7 Å². The van der Waals surface area contributed by atoms with Crippen molar-refractivity contribution in [2.24, 2.45) is 23.7 Å². The second-order valence-electron chi connectivity index (χ2n) is 27.9. The number of hydrogen-bond donors (Lipinski definition) is 3. The van der Waals surface area contributed by atoms with E-state index in [0.717, 1.165) is 114 Å². The smallest absolute Gasteiger partial charge is 0.462 e. The van der Waals surface area contributed by atoms with Gasteiger partial charge in [0.1, 0.15) is 19.3 Å². The van der Waals surface area contributed by atoms with Crippen LogP contribution in [0.4, 0.5) is 0 Å². The molecule has 0 bridgehead atoms. The Balaban J connectivity index is 5.24. The molecular weight excluding hydrogens is 1200 g/mol. The van der Waals surface area contributed by atoms with Crippen molar-refractivity contribution in [3.05, 3.63) is 0 Å². The second-order valence-corrected chi connectivity index (χ2v) is 30.8. The third-order valence-corrected chi connectivity index (χ3v) is 18.5. The third-order valence-electron chi connectivity index (χ3n) is 16.6. The lowest BCUT2D eigenvalue weighted by Gasteiger charge is -2.21. The Hall–Kier alpha value is -1.94. The fourth-order valence-corrected chi connectivity index (χ4v) is 12.4. The van der Waals surface area contributed by atoms with Crippen molar-refractivity contribution in [3.8, 4) is 0 Å². The van der Waals surface area contributed by atoms with Crippen LogP contribution in [0.2, 0.25) is 0 Å². The molecule has 91 heavy (non-hydrogen) atoms. The summed E-state index contributed by atoms with van der Waals surface area (Å²) in [6, 6.07) is 0. The van der Waals surface area contributed by atoms with Gasteiger partial charge in [0, 0.05) is 25.7 Å². The van der Waals surface area contributed by atoms with Gasteiger partial charge in [-0.15, -0.1) is 0 Å². The van der Waals surface area contributed by atoms with Crippen LogP contribution in [0.25, 0.3) is 0 Å². The topological polar surface area (TPSA) is 237 Å². The van der Waals surface area contributed by atoms with Gasteiger partial charge in [-0.25, -0.2) is 9.13 Å². The van der Waals surface area contributed by atoms with E-state index in [1.807, 2.05) is 0 Å². The van der Waals surface area contributed by atoms with Crippen molar-refractivity contribution < 1.29 is 80.2 Å². The maximum Gasteiger partial charge on any atom is 0.472 e. The zero-order chi connectivity index (χ0) is 67.5. The molecule has 5 atom stereocenters. The molecule has 0 aliphatic carbocycles. The number of carbonyl (C=O) groups excluding carboxylic acids is 4. The minimum Gasteiger partial charge on any atom is -0.462 e. The molecule has 0 aliphatic heterocycles. The Kier molecular flexibility index (Phi) is 60.3. The summed E-state index contributed by atoms with van der Waals surface area (Å²) in [4.78, 5) is 72.6. The Bertz CT molecular complexity index is 1800. The first-order chi connectivity index (χ1) is 43.6. The van der Waals surface area contributed by atoms with Crippen molar-refractivity contribution >= 4 is 39.5 Å². The molecule has 3 unspecified atom stereocenters. The summed E-state index contributed by atoms with van der Waals surface area (Å²) < 4.78 is 68.3. The quantitative estimate of drug-likeness (QED) is 0.0222. The van der Waals surface area contributed by atoms with E-state index in [-0.39, 0.29) is 25.7 Å². The number of aliphatic hydroxyl groups excluding tert-OH is 1. The van der Waals surface area contributed by atoms with E-state index in [9.17, 15) is 43.2 Å². The fraction of sp³-hybridized carbons (Fsp3) is 0.944. The third kappa shape index (κ3) is 66.5. The number of carbonyl (C=O) groups is 4. The first-order valence-electron chi connectivity index (χ1n) is 37.2. The average molecular weight is 1340 g/mol. The molecule has 0 rings (SSSR count). The van der Waals surface area contributed by atoms with Crippen LogP contribution in [0.1, 0.15) is 357 Å². The summed E-state index contributed by atoms with van der Waals surface area (Å²) in [7, 11) is -9.91. The van der Waals surface area contributed by atoms with Crippen molar-refractivity contribution in [3.63, 3.8) is 0 Å². The summed E-state index contributed by atoms with van der Waals surface area (Å²) in [5.41, 5.74) is 0. The second kappa shape index (κ2) is 61.6. The van der Waals surface area contributed by atoms with Crippen LogP contribution < -0.4 is 0 Å². The maximum atomic E-state index is 13.0. The molecule has 0 saturated carbocycles. The molecule has 0 spiro atoms. The van der Waals surface area contributed by atoms with Crippen molar-refractivity contribution in [1.82, 2.24) is 0 Å². The number of unbranched alkanes of at least 4 members (excludes halogenated alkanes) is 35. The normalized spacial score (nSPS) is 14.2. The monoisotopic (exact) mass is 1340 g/mol. The van der Waals surface area contributed by atoms with Gasteiger partial charge in [0.15, 0.2) is 12.2 Å². The van der Waals surface area contributed by atoms with Crippen LogP contribution >= 0.6 is 15.6 Å². The molecule has 3 N–H and O–H groups in total. The van der Waals surface area contributed by atoms with E-state index in [1.54, 1.807) is 0 Å². The Morgan fingerprint density at radius 3 is 0.681 bits per heavy atom. The summed E-state index contributed by atoms with van der Waals surface area (Å²) in [6.45, 7) is 14.1. The summed E-state index contributed by atoms with van der Waals surface area (Å²) in [6.07, 6.45) is 44.5. The van der Waals surface area contributed by atoms with Gasteiger partial charge in [-0.3, -0.25) is 37.3 Å². The van der Waals surface area contributed by atoms with Crippen LogP contribution in [-0.4, -0.2) is 96.7 Å². The highest BCUT2D eigenvalue weighted by atomic mass is 31.2. The van der Waals surface area contributed by atoms with Gasteiger partial charge in [0.05, 0.1) is 26.4 Å². The maximum absolute atomic E-state index is 13.0. The standard InChI is InChI=1S/C72H140O17P2/c1-62(2)48-40-32-24-17-13-9-11-15-19-28-36-44-52-69(74)82-58-67(89-72(77)55-47-39-30-22-21-26-34-42-50-64(5)6)60-86-90(78,79)84-56-66(73)57-85-91(80,81)87-61-68(59-83-70(75)53-45-37-31-23-27-35-43-51-65(7)8)88-71(76)54-46-38-29-20-16-12-10-14-18-25-33-41-49-63(3)4/h62-68,73H,9-61H2,1-8H3,(H,78,79)(H,80,81)/t66?,67-,68-/m1/s1. The molecule has 540 valence electrons. The van der Waals surface area contributed by atoms with E-state index >= 15 is 0 Å². The first-order valence-corrected chi connectivity index (χ1v) is 40.2. The van der Waals surface area contributed by atoms with Crippen LogP contribution in [0.3, 0.4) is 0 Å². The molecule has 0 heterocycles. The van der Waals surface area contributed by atoms with Gasteiger partial charge in [-0.1, -0.05) is 306 Å². The highest BCUT2D eigenvalue weighted by Gasteiger charge is 2.30. The molecule has 0 amide bonds. The lowest BCUT2D eigenvalue weighted by Crippen LogP contribution is -2.30. The fourth-order valence-electron chi connectivity index (χ4n) is 10.8. The van der Waals surface area contributed by atoms with Crippen molar-refractivity contribution in [2.75, 3.05) is 39.6 Å². The molecule has 0 fully saturated rings. The summed E-state index contributed by atoms with van der Waals surface area (Å²) in [5.74, 6) is 0.854. The van der Waals surface area contributed by atoms with E-state index in [0.29, 0.717) is 31.6 Å². The van der Waals surface area contributed by atoms with Gasteiger partial charge in [-0.2, -0.15) is 0 Å². The van der Waals surface area contributed by atoms with E-state index in [4.69, 9.17) is 37.0 Å². The molecule has 17 nitrogen and oxygen atoms in total. The van der Waals surface area contributed by atoms with Gasteiger partial charge >= 0.3 is 39.5 Å². The number of rotatable bonds is 69. The highest BCUT2D eigenvalue weighted by molar-refractivity contribution is 7.47. The molecule has 0 aromatic carbocycles. The number of hydrogen-bond acceptors (Lipinski definition) is 15. The highest BCUT2D eigenvalue weighted by Crippen LogP contribution is 2.45. The number of aliphatic hydroxyl groups is 1. The molecule has 19 heteroatoms. The number of ether oxygens (including phenoxy) is 4. The minimum absolute atomic E-state index is 0.104. The van der Waals surface area contributed by atoms with Gasteiger partial charge < -0.3 is 33.8 Å². The number of esters is 4. The Morgan fingerprint density at radius 1 is 0.275 bits per heavy atom. The largest absolute Gasteiger partial charge is 0.472 e. The van der Waals surface area contributed by atoms with Crippen LogP contribution in [0.15, 0.2) is 0 Å². The van der Waals surface area contributed by atoms with Crippen LogP contribution in [0.5, 0.6) is 0 Å². The summed E-state index contributed by atoms with van der Waals surface area (Å²) in [5, 5.41) is 10.6. The average Bonchev–Trinajstić information content (AvgIpc) is 3.58. The predicted molar refractivity (Wildman–Crippen MR) is 367 cm³/mol. The first kappa shape index (κ1) is 89.1. The van der Waals surface area contributed by atoms with Gasteiger partial charge in [0.25, 0.3) is 0 Å². The predicted octanol–water partition coefficient (Wildman–Crippen LogP) is 20.5. The zero-order valence-corrected chi connectivity index (χ0v) is 61.3. The van der Waals surface area contributed by atoms with E-state index < -0.39 is 97.5 Å². The Labute approximate surface area is 556 Å². The zero-order valence-electron chi connectivity index (χ0n) is 59.5. The molecule has 0 aliphatic rings. The van der Waals surface area contributed by atoms with Gasteiger partial charge in [-0.05, 0) is 49.4 Å². The molecule has 0 aromatic rings. The SMILES string of the molecule is CC(C)CCCCCCCCCCCCCCC(=O)OC[C@H](COP(=O)(O)OCC(O)COP(=O)(O)OC[C@@H](COC(=O)CCCCCCCCCC(C)C)OC(=O)CCCCCCCCCCCCCCC(C)C)OC(=O)CCCCCCCCCCC(C)C. The molecule has 0 radical (unpaired) electrons. The molecule has 0 aromatic heterocycles. The van der Waals surface area contributed by atoms with E-state index in [1.165, 1.54) is 154 Å². The number of phosphoric acid groups is 2. The summed E-state index contributed by atoms with van der Waals surface area (Å²) >= 11 is 0. The van der Waals surface area contributed by atoms with Gasteiger partial charge in [0.2, 0.25) is 0 Å². The van der Waals surface area contributed by atoms with Crippen molar-refractivity contribution in [1.29, 1.82) is 0 Å². The van der Waals surface area contributed by atoms with Crippen molar-refractivity contribution in [2.45, 2.75) is 375 Å². The minimum atomic E-state index is -4.95. The molecular formula is C72H140O17P2. The van der Waals surface area contributed by atoms with Crippen LogP contribution in [-0.2, 0) is 65.4 Å². The molecule has 0 saturated heterocycles. The Morgan fingerprint density at radius 2 is 0.462 bits per heavy atom. The lowest BCUT2D eigenvalue weighted by atomic mass is 10.0. The van der Waals surface area contributed by atoms with E-state index in [2.05, 4.69) is 55.4 Å². The lowest BCUT2D eigenvalue weighted by molar-refractivity contribution is -0.161.